The Kier molecular flexibility index (Phi) is 5.68. The molecule has 1 aromatic heterocycles. The van der Waals surface area contributed by atoms with Crippen LogP contribution in [-0.2, 0) is 4.79 Å². The average Bonchev–Trinajstić information content (AvgIpc) is 3.18. The molecule has 1 aliphatic rings. The maximum Gasteiger partial charge on any atom is 0.233 e. The number of nitrogens with one attached hydrogen (secondary N) is 1. The number of amides is 1. The van der Waals surface area contributed by atoms with Crippen LogP contribution in [-0.4, -0.2) is 27.0 Å². The van der Waals surface area contributed by atoms with Gasteiger partial charge in [0, 0.05) is 6.04 Å². The summed E-state index contributed by atoms with van der Waals surface area (Å²) in [7, 11) is 0. The minimum Gasteiger partial charge on any atom is -0.352 e. The monoisotopic (exact) mass is 383 g/mol. The fraction of sp³-hybridized carbons (Fsp3) is 0.438. The lowest BCUT2D eigenvalue weighted by molar-refractivity contribution is -0.120. The summed E-state index contributed by atoms with van der Waals surface area (Å²) in [5.41, 5.74) is 0.715. The number of aromatic nitrogens is 2. The lowest BCUT2D eigenvalue weighted by atomic mass is 10.2. The van der Waals surface area contributed by atoms with E-state index in [9.17, 15) is 9.18 Å². The number of nitrogens with zero attached hydrogens (tertiary/aromatic N) is 2. The quantitative estimate of drug-likeness (QED) is 0.616. The topological polar surface area (TPSA) is 46.9 Å². The van der Waals surface area contributed by atoms with Gasteiger partial charge in [-0.3, -0.25) is 4.79 Å². The van der Waals surface area contributed by atoms with Gasteiger partial charge in [0.25, 0.3) is 0 Å². The van der Waals surface area contributed by atoms with Crippen LogP contribution in [0.3, 0.4) is 0 Å². The molecule has 1 fully saturated rings. The van der Waals surface area contributed by atoms with Crippen molar-refractivity contribution in [1.82, 2.24) is 15.1 Å². The first kappa shape index (κ1) is 17.6. The van der Waals surface area contributed by atoms with Crippen LogP contribution in [0.2, 0.25) is 0 Å². The van der Waals surface area contributed by atoms with Crippen LogP contribution in [0.15, 0.2) is 28.6 Å². The molecule has 8 heteroatoms. The summed E-state index contributed by atoms with van der Waals surface area (Å²) in [6, 6.07) is 6.34. The van der Waals surface area contributed by atoms with Gasteiger partial charge in [-0.05, 0) is 56.2 Å². The van der Waals surface area contributed by atoms with E-state index in [2.05, 4.69) is 10.4 Å². The zero-order chi connectivity index (χ0) is 17.1. The van der Waals surface area contributed by atoms with Crippen molar-refractivity contribution in [2.24, 2.45) is 0 Å². The van der Waals surface area contributed by atoms with E-state index in [1.807, 2.05) is 6.92 Å². The summed E-state index contributed by atoms with van der Waals surface area (Å²) in [5.74, 6) is -0.256. The van der Waals surface area contributed by atoms with Crippen LogP contribution >= 0.6 is 35.3 Å². The van der Waals surface area contributed by atoms with Crippen molar-refractivity contribution in [2.45, 2.75) is 48.2 Å². The Morgan fingerprint density at radius 3 is 2.75 bits per heavy atom. The van der Waals surface area contributed by atoms with Gasteiger partial charge in [0.05, 0.1) is 10.9 Å². The van der Waals surface area contributed by atoms with Crippen LogP contribution in [0.4, 0.5) is 4.39 Å². The van der Waals surface area contributed by atoms with Crippen LogP contribution in [0, 0.1) is 9.77 Å². The van der Waals surface area contributed by atoms with Gasteiger partial charge in [0.15, 0.2) is 8.29 Å². The predicted molar refractivity (Wildman–Crippen MR) is 98.0 cm³/mol. The molecule has 1 saturated carbocycles. The molecule has 1 atom stereocenters. The number of hydrogen-bond acceptors (Lipinski definition) is 5. The molecule has 1 heterocycles. The minimum atomic E-state index is -0.299. The maximum atomic E-state index is 13.0. The summed E-state index contributed by atoms with van der Waals surface area (Å²) >= 11 is 8.09. The van der Waals surface area contributed by atoms with E-state index in [1.165, 1.54) is 48.1 Å². The Bertz CT molecular complexity index is 766. The van der Waals surface area contributed by atoms with E-state index in [-0.39, 0.29) is 17.0 Å². The van der Waals surface area contributed by atoms with E-state index in [0.717, 1.165) is 17.2 Å². The van der Waals surface area contributed by atoms with Crippen LogP contribution in [0.5, 0.6) is 0 Å². The van der Waals surface area contributed by atoms with E-state index >= 15 is 0 Å². The van der Waals surface area contributed by atoms with Gasteiger partial charge in [-0.15, -0.1) is 5.10 Å². The van der Waals surface area contributed by atoms with Crippen molar-refractivity contribution in [3.05, 3.63) is 34.0 Å². The zero-order valence-corrected chi connectivity index (χ0v) is 15.6. The highest BCUT2D eigenvalue weighted by atomic mass is 32.2. The summed E-state index contributed by atoms with van der Waals surface area (Å²) in [5, 5.41) is 7.33. The summed E-state index contributed by atoms with van der Waals surface area (Å²) in [4.78, 5) is 12.3. The molecule has 4 nitrogen and oxygen atoms in total. The number of hydrogen-bond donors (Lipinski definition) is 1. The molecule has 2 aromatic rings. The standard InChI is InChI=1S/C16H18FN3OS3/c1-10(14(21)18-12-4-2-3-5-12)23-15-19-20(16(22)24-15)13-8-6-11(17)7-9-13/h6-10,12H,2-5H2,1H3,(H,18,21)/t10-/m1/s1. The SMILES string of the molecule is C[C@@H](Sc1nn(-c2ccc(F)cc2)c(=S)s1)C(=O)NC1CCCC1. The van der Waals surface area contributed by atoms with Gasteiger partial charge < -0.3 is 5.32 Å². The molecule has 0 unspecified atom stereocenters. The largest absolute Gasteiger partial charge is 0.352 e. The number of carbonyl (C=O) groups excluding carboxylic acids is 1. The van der Waals surface area contributed by atoms with Gasteiger partial charge >= 0.3 is 0 Å². The first-order valence-electron chi connectivity index (χ1n) is 7.86. The Morgan fingerprint density at radius 1 is 1.42 bits per heavy atom. The van der Waals surface area contributed by atoms with Crippen molar-refractivity contribution < 1.29 is 9.18 Å². The normalized spacial score (nSPS) is 16.2. The van der Waals surface area contributed by atoms with Crippen molar-refractivity contribution in [3.63, 3.8) is 0 Å². The van der Waals surface area contributed by atoms with Gasteiger partial charge in [-0.1, -0.05) is 35.9 Å². The highest BCUT2D eigenvalue weighted by Gasteiger charge is 2.22. The lowest BCUT2D eigenvalue weighted by Gasteiger charge is -2.15. The Balaban J connectivity index is 1.67. The molecule has 0 bridgehead atoms. The maximum absolute atomic E-state index is 13.0. The molecule has 1 N–H and O–H groups in total. The Hall–Kier alpha value is -1.25. The molecular weight excluding hydrogens is 365 g/mol. The molecule has 1 aliphatic carbocycles. The zero-order valence-electron chi connectivity index (χ0n) is 13.2. The number of thioether (sulfide) groups is 1. The van der Waals surface area contributed by atoms with Crippen molar-refractivity contribution in [2.75, 3.05) is 0 Å². The average molecular weight is 384 g/mol. The van der Waals surface area contributed by atoms with E-state index in [4.69, 9.17) is 12.2 Å². The van der Waals surface area contributed by atoms with Crippen molar-refractivity contribution in [1.29, 1.82) is 0 Å². The molecule has 1 amide bonds. The molecule has 1 aromatic carbocycles. The predicted octanol–water partition coefficient (Wildman–Crippen LogP) is 4.34. The highest BCUT2D eigenvalue weighted by Crippen LogP contribution is 2.28. The van der Waals surface area contributed by atoms with Gasteiger partial charge in [-0.2, -0.15) is 0 Å². The third kappa shape index (κ3) is 4.23. The Morgan fingerprint density at radius 2 is 2.08 bits per heavy atom. The van der Waals surface area contributed by atoms with E-state index in [1.54, 1.807) is 16.8 Å². The fourth-order valence-corrected chi connectivity index (χ4v) is 5.16. The van der Waals surface area contributed by atoms with Gasteiger partial charge in [0.1, 0.15) is 5.82 Å². The van der Waals surface area contributed by atoms with E-state index < -0.39 is 0 Å². The molecular formula is C16H18FN3OS3. The second-order valence-corrected chi connectivity index (χ2v) is 8.98. The summed E-state index contributed by atoms with van der Waals surface area (Å²) < 4.78 is 15.9. The van der Waals surface area contributed by atoms with Crippen LogP contribution < -0.4 is 5.32 Å². The number of rotatable bonds is 5. The summed E-state index contributed by atoms with van der Waals surface area (Å²) in [6.07, 6.45) is 4.52. The first-order chi connectivity index (χ1) is 11.5. The first-order valence-corrected chi connectivity index (χ1v) is 9.96. The minimum absolute atomic E-state index is 0.0429. The third-order valence-electron chi connectivity index (χ3n) is 3.95. The van der Waals surface area contributed by atoms with Gasteiger partial charge in [0.2, 0.25) is 5.91 Å². The number of carbonyl (C=O) groups is 1. The second kappa shape index (κ2) is 7.76. The molecule has 128 valence electrons. The smallest absolute Gasteiger partial charge is 0.233 e. The van der Waals surface area contributed by atoms with Crippen molar-refractivity contribution >= 4 is 41.2 Å². The third-order valence-corrected chi connectivity index (χ3v) is 6.37. The fourth-order valence-electron chi connectivity index (χ4n) is 2.65. The molecule has 24 heavy (non-hydrogen) atoms. The number of halogens is 1. The summed E-state index contributed by atoms with van der Waals surface area (Å²) in [6.45, 7) is 1.88. The Labute approximate surface area is 153 Å². The molecule has 0 spiro atoms. The number of benzene rings is 1. The van der Waals surface area contributed by atoms with Crippen molar-refractivity contribution in [3.8, 4) is 5.69 Å². The highest BCUT2D eigenvalue weighted by molar-refractivity contribution is 8.02. The van der Waals surface area contributed by atoms with E-state index in [0.29, 0.717) is 15.7 Å². The molecule has 0 aliphatic heterocycles. The van der Waals surface area contributed by atoms with Crippen LogP contribution in [0.25, 0.3) is 5.69 Å². The van der Waals surface area contributed by atoms with Crippen LogP contribution in [0.1, 0.15) is 32.6 Å². The molecule has 0 saturated heterocycles. The molecule has 3 rings (SSSR count). The van der Waals surface area contributed by atoms with Gasteiger partial charge in [-0.25, -0.2) is 9.07 Å². The molecule has 0 radical (unpaired) electrons. The lowest BCUT2D eigenvalue weighted by Crippen LogP contribution is -2.37. The second-order valence-electron chi connectivity index (χ2n) is 5.77.